The Bertz CT molecular complexity index is 659. The highest BCUT2D eigenvalue weighted by molar-refractivity contribution is 6.30. The van der Waals surface area contributed by atoms with Crippen LogP contribution >= 0.6 is 11.6 Å². The molecule has 1 unspecified atom stereocenters. The van der Waals surface area contributed by atoms with Crippen LogP contribution in [0, 0.1) is 0 Å². The first-order valence-corrected chi connectivity index (χ1v) is 8.99. The zero-order valence-corrected chi connectivity index (χ0v) is 15.2. The van der Waals surface area contributed by atoms with Crippen LogP contribution in [0.2, 0.25) is 5.15 Å². The molecule has 0 N–H and O–H groups in total. The minimum Gasteiger partial charge on any atom is -0.371 e. The van der Waals surface area contributed by atoms with E-state index in [9.17, 15) is 0 Å². The lowest BCUT2D eigenvalue weighted by molar-refractivity contribution is -0.0133. The Morgan fingerprint density at radius 1 is 1.38 bits per heavy atom. The molecule has 130 valence electrons. The van der Waals surface area contributed by atoms with E-state index in [4.69, 9.17) is 16.3 Å². The summed E-state index contributed by atoms with van der Waals surface area (Å²) in [6.07, 6.45) is 5.21. The Morgan fingerprint density at radius 2 is 2.25 bits per heavy atom. The van der Waals surface area contributed by atoms with Gasteiger partial charge in [0.1, 0.15) is 5.15 Å². The number of rotatable bonds is 6. The Kier molecular flexibility index (Phi) is 5.87. The summed E-state index contributed by atoms with van der Waals surface area (Å²) in [7, 11) is 1.90. The van der Waals surface area contributed by atoms with Crippen molar-refractivity contribution in [1.29, 1.82) is 0 Å². The molecule has 0 radical (unpaired) electrons. The van der Waals surface area contributed by atoms with E-state index in [2.05, 4.69) is 21.9 Å². The van der Waals surface area contributed by atoms with Gasteiger partial charge in [-0.25, -0.2) is 0 Å². The van der Waals surface area contributed by atoms with Crippen molar-refractivity contribution < 1.29 is 4.74 Å². The van der Waals surface area contributed by atoms with E-state index in [1.54, 1.807) is 4.68 Å². The molecule has 0 spiro atoms. The first-order chi connectivity index (χ1) is 11.7. The number of hydrogen-bond donors (Lipinski definition) is 0. The summed E-state index contributed by atoms with van der Waals surface area (Å²) in [5.74, 6) is 0. The summed E-state index contributed by atoms with van der Waals surface area (Å²) >= 11 is 6.42. The molecule has 0 amide bonds. The highest BCUT2D eigenvalue weighted by Gasteiger charge is 2.23. The van der Waals surface area contributed by atoms with Crippen LogP contribution in [0.4, 0.5) is 0 Å². The topological polar surface area (TPSA) is 43.2 Å². The highest BCUT2D eigenvalue weighted by atomic mass is 35.5. The first-order valence-electron chi connectivity index (χ1n) is 8.61. The molecule has 1 fully saturated rings. The van der Waals surface area contributed by atoms with Crippen molar-refractivity contribution in [3.05, 3.63) is 46.5 Å². The molecule has 0 saturated carbocycles. The normalized spacial score (nSPS) is 18.9. The predicted molar refractivity (Wildman–Crippen MR) is 94.9 cm³/mol. The number of nitrogens with zero attached hydrogens (tertiary/aromatic N) is 4. The molecule has 2 aromatic heterocycles. The van der Waals surface area contributed by atoms with Gasteiger partial charge in [-0.2, -0.15) is 5.10 Å². The third-order valence-corrected chi connectivity index (χ3v) is 5.00. The summed E-state index contributed by atoms with van der Waals surface area (Å²) in [4.78, 5) is 6.75. The van der Waals surface area contributed by atoms with Gasteiger partial charge in [-0.3, -0.25) is 14.6 Å². The maximum absolute atomic E-state index is 6.42. The number of likely N-dealkylation sites (tertiary alicyclic amines) is 1. The maximum Gasteiger partial charge on any atom is 0.131 e. The third-order valence-electron chi connectivity index (χ3n) is 4.52. The number of aromatic nitrogens is 3. The van der Waals surface area contributed by atoms with Gasteiger partial charge in [0.2, 0.25) is 0 Å². The first kappa shape index (κ1) is 17.4. The van der Waals surface area contributed by atoms with Gasteiger partial charge in [-0.1, -0.05) is 24.6 Å². The van der Waals surface area contributed by atoms with Crippen molar-refractivity contribution in [2.45, 2.75) is 45.4 Å². The molecule has 0 aliphatic carbocycles. The van der Waals surface area contributed by atoms with Crippen LogP contribution in [0.1, 0.15) is 36.7 Å². The SMILES string of the molecule is CCc1nn(C)c(Cl)c1CN1CCCC(OCc2ccccn2)C1. The smallest absolute Gasteiger partial charge is 0.131 e. The van der Waals surface area contributed by atoms with Crippen LogP contribution in [0.25, 0.3) is 0 Å². The number of piperidine rings is 1. The summed E-state index contributed by atoms with van der Waals surface area (Å²) in [5.41, 5.74) is 3.24. The van der Waals surface area contributed by atoms with Crippen molar-refractivity contribution in [3.63, 3.8) is 0 Å². The van der Waals surface area contributed by atoms with E-state index in [0.717, 1.165) is 61.0 Å². The number of halogens is 1. The summed E-state index contributed by atoms with van der Waals surface area (Å²) in [6, 6.07) is 5.92. The van der Waals surface area contributed by atoms with Crippen LogP contribution < -0.4 is 0 Å². The predicted octanol–water partition coefficient (Wildman–Crippen LogP) is 3.21. The standard InChI is InChI=1S/C18H25ClN4O/c1-3-17-16(18(19)22(2)21-17)12-23-10-6-8-15(11-23)24-13-14-7-4-5-9-20-14/h4-5,7,9,15H,3,6,8,10-13H2,1-2H3. The van der Waals surface area contributed by atoms with Crippen molar-refractivity contribution in [2.75, 3.05) is 13.1 Å². The van der Waals surface area contributed by atoms with Crippen LogP contribution in [0.15, 0.2) is 24.4 Å². The zero-order chi connectivity index (χ0) is 16.9. The van der Waals surface area contributed by atoms with Crippen molar-refractivity contribution in [3.8, 4) is 0 Å². The lowest BCUT2D eigenvalue weighted by Crippen LogP contribution is -2.39. The van der Waals surface area contributed by atoms with Gasteiger partial charge in [0.05, 0.1) is 24.1 Å². The minimum atomic E-state index is 0.251. The lowest BCUT2D eigenvalue weighted by Gasteiger charge is -2.32. The number of pyridine rings is 1. The molecule has 6 heteroatoms. The Morgan fingerprint density at radius 3 is 3.00 bits per heavy atom. The molecule has 1 atom stereocenters. The Hall–Kier alpha value is -1.43. The van der Waals surface area contributed by atoms with Gasteiger partial charge < -0.3 is 4.74 Å². The Balaban J connectivity index is 1.58. The fraction of sp³-hybridized carbons (Fsp3) is 0.556. The van der Waals surface area contributed by atoms with Crippen LogP contribution in [0.3, 0.4) is 0 Å². The molecule has 1 aliphatic rings. The van der Waals surface area contributed by atoms with Gasteiger partial charge >= 0.3 is 0 Å². The zero-order valence-electron chi connectivity index (χ0n) is 14.4. The molecule has 3 heterocycles. The van der Waals surface area contributed by atoms with Crippen molar-refractivity contribution >= 4 is 11.6 Å². The minimum absolute atomic E-state index is 0.251. The van der Waals surface area contributed by atoms with Gasteiger partial charge in [0, 0.05) is 31.9 Å². The summed E-state index contributed by atoms with van der Waals surface area (Å²) < 4.78 is 7.84. The van der Waals surface area contributed by atoms with Gasteiger partial charge in [0.25, 0.3) is 0 Å². The second kappa shape index (κ2) is 8.10. The molecule has 0 aromatic carbocycles. The van der Waals surface area contributed by atoms with E-state index in [1.165, 1.54) is 0 Å². The molecular weight excluding hydrogens is 324 g/mol. The average molecular weight is 349 g/mol. The summed E-state index contributed by atoms with van der Waals surface area (Å²) in [5, 5.41) is 5.26. The van der Waals surface area contributed by atoms with Crippen molar-refractivity contribution in [2.24, 2.45) is 7.05 Å². The molecule has 5 nitrogen and oxygen atoms in total. The molecule has 24 heavy (non-hydrogen) atoms. The fourth-order valence-electron chi connectivity index (χ4n) is 3.24. The van der Waals surface area contributed by atoms with Crippen LogP contribution in [-0.2, 0) is 31.4 Å². The molecule has 2 aromatic rings. The third kappa shape index (κ3) is 4.15. The van der Waals surface area contributed by atoms with Crippen LogP contribution in [0.5, 0.6) is 0 Å². The van der Waals surface area contributed by atoms with Crippen LogP contribution in [-0.4, -0.2) is 38.9 Å². The van der Waals surface area contributed by atoms with E-state index in [-0.39, 0.29) is 6.10 Å². The van der Waals surface area contributed by atoms with Gasteiger partial charge in [-0.15, -0.1) is 0 Å². The molecule has 0 bridgehead atoms. The Labute approximate surface area is 148 Å². The second-order valence-corrected chi connectivity index (χ2v) is 6.68. The largest absolute Gasteiger partial charge is 0.371 e. The van der Waals surface area contributed by atoms with Crippen molar-refractivity contribution in [1.82, 2.24) is 19.7 Å². The number of aryl methyl sites for hydroxylation is 2. The molecule has 1 aliphatic heterocycles. The maximum atomic E-state index is 6.42. The average Bonchev–Trinajstić information content (AvgIpc) is 2.89. The fourth-order valence-corrected chi connectivity index (χ4v) is 3.45. The molecule has 1 saturated heterocycles. The van der Waals surface area contributed by atoms with E-state index >= 15 is 0 Å². The monoisotopic (exact) mass is 348 g/mol. The summed E-state index contributed by atoms with van der Waals surface area (Å²) in [6.45, 7) is 5.56. The van der Waals surface area contributed by atoms with E-state index < -0.39 is 0 Å². The number of hydrogen-bond acceptors (Lipinski definition) is 4. The second-order valence-electron chi connectivity index (χ2n) is 6.32. The quantitative estimate of drug-likeness (QED) is 0.804. The van der Waals surface area contributed by atoms with E-state index in [1.807, 2.05) is 31.4 Å². The number of ether oxygens (including phenoxy) is 1. The highest BCUT2D eigenvalue weighted by Crippen LogP contribution is 2.24. The molecule has 3 rings (SSSR count). The molecular formula is C18H25ClN4O. The van der Waals surface area contributed by atoms with Gasteiger partial charge in [-0.05, 0) is 37.9 Å². The van der Waals surface area contributed by atoms with E-state index in [0.29, 0.717) is 6.61 Å². The lowest BCUT2D eigenvalue weighted by atomic mass is 10.1. The van der Waals surface area contributed by atoms with Gasteiger partial charge in [0.15, 0.2) is 0 Å².